The van der Waals surface area contributed by atoms with E-state index in [1.165, 1.54) is 0 Å². The predicted molar refractivity (Wildman–Crippen MR) is 98.9 cm³/mol. The maximum Gasteiger partial charge on any atom is 0.263 e. The van der Waals surface area contributed by atoms with Crippen molar-refractivity contribution in [3.05, 3.63) is 28.8 Å². The third-order valence-corrected chi connectivity index (χ3v) is 4.73. The van der Waals surface area contributed by atoms with E-state index >= 15 is 0 Å². The summed E-state index contributed by atoms with van der Waals surface area (Å²) in [4.78, 5) is 28.5. The molecule has 1 unspecified atom stereocenters. The molecule has 25 heavy (non-hydrogen) atoms. The predicted octanol–water partition coefficient (Wildman–Crippen LogP) is 3.13. The van der Waals surface area contributed by atoms with Crippen molar-refractivity contribution in [1.82, 2.24) is 9.80 Å². The number of rotatable bonds is 3. The van der Waals surface area contributed by atoms with Crippen molar-refractivity contribution in [2.75, 3.05) is 26.2 Å². The van der Waals surface area contributed by atoms with Gasteiger partial charge in [-0.05, 0) is 37.6 Å². The summed E-state index contributed by atoms with van der Waals surface area (Å²) in [5.74, 6) is 0.695. The van der Waals surface area contributed by atoms with Gasteiger partial charge in [0, 0.05) is 36.6 Å². The van der Waals surface area contributed by atoms with Gasteiger partial charge in [-0.3, -0.25) is 9.59 Å². The lowest BCUT2D eigenvalue weighted by molar-refractivity contribution is -0.147. The Morgan fingerprint density at radius 2 is 1.68 bits per heavy atom. The molecule has 5 nitrogen and oxygen atoms in total. The molecule has 0 bridgehead atoms. The quantitative estimate of drug-likeness (QED) is 0.825. The monoisotopic (exact) mass is 366 g/mol. The summed E-state index contributed by atoms with van der Waals surface area (Å²) < 4.78 is 5.76. The Labute approximate surface area is 154 Å². The van der Waals surface area contributed by atoms with E-state index in [1.807, 2.05) is 38.7 Å². The highest BCUT2D eigenvalue weighted by Crippen LogP contribution is 2.23. The number of nitrogens with zero attached hydrogens (tertiary/aromatic N) is 2. The van der Waals surface area contributed by atoms with Crippen LogP contribution in [0.2, 0.25) is 5.02 Å². The van der Waals surface area contributed by atoms with E-state index in [-0.39, 0.29) is 11.8 Å². The molecule has 1 aromatic rings. The fraction of sp³-hybridized carbons (Fsp3) is 0.579. The van der Waals surface area contributed by atoms with Crippen LogP contribution in [0.5, 0.6) is 5.75 Å². The lowest BCUT2D eigenvalue weighted by Crippen LogP contribution is -2.55. The molecule has 1 heterocycles. The molecule has 1 aliphatic heterocycles. The van der Waals surface area contributed by atoms with Crippen LogP contribution in [-0.4, -0.2) is 53.9 Å². The lowest BCUT2D eigenvalue weighted by atomic mass is 9.94. The molecule has 6 heteroatoms. The number of benzene rings is 1. The molecule has 0 N–H and O–H groups in total. The molecule has 1 fully saturated rings. The van der Waals surface area contributed by atoms with Crippen LogP contribution < -0.4 is 4.74 Å². The number of hydrogen-bond acceptors (Lipinski definition) is 3. The molecule has 138 valence electrons. The van der Waals surface area contributed by atoms with Gasteiger partial charge in [0.25, 0.3) is 5.91 Å². The minimum Gasteiger partial charge on any atom is -0.481 e. The van der Waals surface area contributed by atoms with E-state index < -0.39 is 11.5 Å². The van der Waals surface area contributed by atoms with Crippen LogP contribution in [0.25, 0.3) is 0 Å². The maximum absolute atomic E-state index is 12.6. The van der Waals surface area contributed by atoms with Crippen LogP contribution in [0.15, 0.2) is 18.2 Å². The molecule has 1 aromatic carbocycles. The molecule has 2 rings (SSSR count). The van der Waals surface area contributed by atoms with Gasteiger partial charge in [0.1, 0.15) is 5.75 Å². The number of carbonyl (C=O) groups excluding carboxylic acids is 2. The summed E-state index contributed by atoms with van der Waals surface area (Å²) in [5, 5.41) is 0.672. The van der Waals surface area contributed by atoms with Gasteiger partial charge >= 0.3 is 0 Å². The van der Waals surface area contributed by atoms with Gasteiger partial charge in [0.15, 0.2) is 6.10 Å². The molecule has 0 aliphatic carbocycles. The van der Waals surface area contributed by atoms with E-state index in [0.29, 0.717) is 37.0 Å². The topological polar surface area (TPSA) is 49.9 Å². The Hall–Kier alpha value is -1.75. The molecule has 1 aliphatic rings. The largest absolute Gasteiger partial charge is 0.481 e. The fourth-order valence-electron chi connectivity index (χ4n) is 2.81. The Bertz CT molecular complexity index is 647. The van der Waals surface area contributed by atoms with E-state index in [0.717, 1.165) is 5.56 Å². The first-order valence-corrected chi connectivity index (χ1v) is 8.98. The molecule has 0 aromatic heterocycles. The van der Waals surface area contributed by atoms with Crippen LogP contribution in [0.3, 0.4) is 0 Å². The highest BCUT2D eigenvalue weighted by Gasteiger charge is 2.32. The summed E-state index contributed by atoms with van der Waals surface area (Å²) >= 11 is 6.01. The summed E-state index contributed by atoms with van der Waals surface area (Å²) in [7, 11) is 0. The second-order valence-corrected chi connectivity index (χ2v) is 7.95. The zero-order valence-corrected chi connectivity index (χ0v) is 16.4. The van der Waals surface area contributed by atoms with E-state index in [1.54, 1.807) is 24.0 Å². The van der Waals surface area contributed by atoms with Gasteiger partial charge in [0.2, 0.25) is 5.91 Å². The number of hydrogen-bond donors (Lipinski definition) is 0. The number of amides is 2. The maximum atomic E-state index is 12.6. The summed E-state index contributed by atoms with van der Waals surface area (Å²) in [6, 6.07) is 5.35. The zero-order chi connectivity index (χ0) is 18.8. The van der Waals surface area contributed by atoms with Crippen molar-refractivity contribution in [3.8, 4) is 5.75 Å². The van der Waals surface area contributed by atoms with Crippen LogP contribution in [0, 0.1) is 12.3 Å². The fourth-order valence-corrected chi connectivity index (χ4v) is 2.92. The third kappa shape index (κ3) is 4.88. The number of piperazine rings is 1. The number of carbonyl (C=O) groups is 2. The Balaban J connectivity index is 1.91. The minimum atomic E-state index is -0.578. The highest BCUT2D eigenvalue weighted by atomic mass is 35.5. The van der Waals surface area contributed by atoms with Crippen molar-refractivity contribution < 1.29 is 14.3 Å². The number of ether oxygens (including phenoxy) is 1. The van der Waals surface area contributed by atoms with Crippen molar-refractivity contribution in [2.24, 2.45) is 5.41 Å². The first-order valence-electron chi connectivity index (χ1n) is 8.60. The molecular formula is C19H27ClN2O3. The SMILES string of the molecule is Cc1cc(OC(C)C(=O)N2CCN(C(=O)C(C)(C)C)CC2)ccc1Cl. The van der Waals surface area contributed by atoms with Gasteiger partial charge < -0.3 is 14.5 Å². The standard InChI is InChI=1S/C19H27ClN2O3/c1-13-12-15(6-7-16(13)20)25-14(2)17(23)21-8-10-22(11-9-21)18(24)19(3,4)5/h6-7,12,14H,8-11H2,1-5H3. The molecule has 0 saturated carbocycles. The van der Waals surface area contributed by atoms with Crippen LogP contribution >= 0.6 is 11.6 Å². The zero-order valence-electron chi connectivity index (χ0n) is 15.6. The molecule has 0 spiro atoms. The smallest absolute Gasteiger partial charge is 0.263 e. The number of halogens is 1. The van der Waals surface area contributed by atoms with Crippen molar-refractivity contribution >= 4 is 23.4 Å². The summed E-state index contributed by atoms with van der Waals surface area (Å²) in [6.45, 7) is 11.6. The van der Waals surface area contributed by atoms with Gasteiger partial charge in [-0.15, -0.1) is 0 Å². The van der Waals surface area contributed by atoms with Gasteiger partial charge in [0.05, 0.1) is 0 Å². The van der Waals surface area contributed by atoms with Crippen molar-refractivity contribution in [2.45, 2.75) is 40.7 Å². The van der Waals surface area contributed by atoms with Crippen molar-refractivity contribution in [3.63, 3.8) is 0 Å². The average molecular weight is 367 g/mol. The molecular weight excluding hydrogens is 340 g/mol. The Morgan fingerprint density at radius 3 is 2.20 bits per heavy atom. The van der Waals surface area contributed by atoms with E-state index in [2.05, 4.69) is 0 Å². The summed E-state index contributed by atoms with van der Waals surface area (Å²) in [5.41, 5.74) is 0.516. The summed E-state index contributed by atoms with van der Waals surface area (Å²) in [6.07, 6.45) is -0.578. The van der Waals surface area contributed by atoms with Gasteiger partial charge in [-0.2, -0.15) is 0 Å². The third-order valence-electron chi connectivity index (χ3n) is 4.31. The lowest BCUT2D eigenvalue weighted by Gasteiger charge is -2.38. The van der Waals surface area contributed by atoms with Crippen LogP contribution in [0.1, 0.15) is 33.3 Å². The average Bonchev–Trinajstić information content (AvgIpc) is 2.56. The number of aryl methyl sites for hydroxylation is 1. The van der Waals surface area contributed by atoms with Gasteiger partial charge in [-0.25, -0.2) is 0 Å². The first kappa shape index (κ1) is 19.6. The van der Waals surface area contributed by atoms with Gasteiger partial charge in [-0.1, -0.05) is 32.4 Å². The van der Waals surface area contributed by atoms with Crippen molar-refractivity contribution in [1.29, 1.82) is 0 Å². The first-order chi connectivity index (χ1) is 11.6. The van der Waals surface area contributed by atoms with E-state index in [4.69, 9.17) is 16.3 Å². The molecule has 1 atom stereocenters. The molecule has 1 saturated heterocycles. The molecule has 2 amide bonds. The second-order valence-electron chi connectivity index (χ2n) is 7.54. The Morgan fingerprint density at radius 1 is 1.12 bits per heavy atom. The Kier molecular flexibility index (Phi) is 5.99. The minimum absolute atomic E-state index is 0.0598. The van der Waals surface area contributed by atoms with Crippen LogP contribution in [-0.2, 0) is 9.59 Å². The highest BCUT2D eigenvalue weighted by molar-refractivity contribution is 6.31. The second kappa shape index (κ2) is 7.65. The normalized spacial score (nSPS) is 16.6. The van der Waals surface area contributed by atoms with E-state index in [9.17, 15) is 9.59 Å². The van der Waals surface area contributed by atoms with Crippen LogP contribution in [0.4, 0.5) is 0 Å². The molecule has 0 radical (unpaired) electrons.